The zero-order valence-corrected chi connectivity index (χ0v) is 19.1. The molecule has 0 atom stereocenters. The van der Waals surface area contributed by atoms with Crippen molar-refractivity contribution in [3.05, 3.63) is 48.0 Å². The summed E-state index contributed by atoms with van der Waals surface area (Å²) in [4.78, 5) is 12.3. The zero-order valence-electron chi connectivity index (χ0n) is 18.3. The van der Waals surface area contributed by atoms with Gasteiger partial charge in [-0.25, -0.2) is 5.43 Å². The van der Waals surface area contributed by atoms with Gasteiger partial charge in [-0.15, -0.1) is 10.2 Å². The first-order chi connectivity index (χ1) is 15.5. The van der Waals surface area contributed by atoms with Crippen LogP contribution in [0, 0.1) is 0 Å². The number of rotatable bonds is 9. The van der Waals surface area contributed by atoms with Gasteiger partial charge in [0, 0.05) is 17.7 Å². The molecule has 1 heterocycles. The van der Waals surface area contributed by atoms with Gasteiger partial charge in [0.15, 0.2) is 22.5 Å². The van der Waals surface area contributed by atoms with E-state index < -0.39 is 0 Å². The Kier molecular flexibility index (Phi) is 7.72. The number of carbonyl (C=O) groups excluding carboxylic acids is 1. The lowest BCUT2D eigenvalue weighted by molar-refractivity contribution is -0.118. The largest absolute Gasteiger partial charge is 0.508 e. The number of aromatic hydroxyl groups is 1. The fraction of sp³-hybridized carbons (Fsp3) is 0.273. The first-order valence-electron chi connectivity index (χ1n) is 9.87. The molecule has 3 aromatic rings. The first-order valence-corrected chi connectivity index (χ1v) is 10.9. The number of thioether (sulfide) groups is 1. The van der Waals surface area contributed by atoms with E-state index in [9.17, 15) is 9.90 Å². The molecule has 1 aromatic heterocycles. The lowest BCUT2D eigenvalue weighted by Crippen LogP contribution is -2.21. The van der Waals surface area contributed by atoms with Crippen molar-refractivity contribution in [1.29, 1.82) is 0 Å². The van der Waals surface area contributed by atoms with Crippen molar-refractivity contribution in [2.75, 3.05) is 20.0 Å². The van der Waals surface area contributed by atoms with Gasteiger partial charge in [0.05, 0.1) is 25.7 Å². The van der Waals surface area contributed by atoms with E-state index in [0.717, 1.165) is 11.1 Å². The highest BCUT2D eigenvalue weighted by Gasteiger charge is 2.16. The van der Waals surface area contributed by atoms with Crippen LogP contribution < -0.4 is 14.9 Å². The Labute approximate surface area is 190 Å². The monoisotopic (exact) mass is 455 g/mol. The highest BCUT2D eigenvalue weighted by Crippen LogP contribution is 2.32. The maximum absolute atomic E-state index is 12.3. The van der Waals surface area contributed by atoms with Crippen LogP contribution in [0.15, 0.2) is 52.7 Å². The molecule has 2 N–H and O–H groups in total. The third-order valence-electron chi connectivity index (χ3n) is 4.62. The lowest BCUT2D eigenvalue weighted by Gasteiger charge is -2.10. The van der Waals surface area contributed by atoms with Crippen LogP contribution in [0.2, 0.25) is 0 Å². The number of ether oxygens (including phenoxy) is 2. The maximum atomic E-state index is 12.3. The van der Waals surface area contributed by atoms with Crippen LogP contribution in [0.3, 0.4) is 0 Å². The number of carbonyl (C=O) groups is 1. The molecule has 0 aliphatic carbocycles. The lowest BCUT2D eigenvalue weighted by atomic mass is 10.1. The SMILES string of the molecule is CCn1c(SCC(=O)NN=C(C)c2cccc(O)c2)nnc1-c1ccc(OC)c(OC)c1. The fourth-order valence-corrected chi connectivity index (χ4v) is 3.77. The quantitative estimate of drug-likeness (QED) is 0.289. The molecule has 0 bridgehead atoms. The van der Waals surface area contributed by atoms with Gasteiger partial charge in [0.2, 0.25) is 0 Å². The second-order valence-electron chi connectivity index (χ2n) is 6.69. The van der Waals surface area contributed by atoms with E-state index in [-0.39, 0.29) is 17.4 Å². The van der Waals surface area contributed by atoms with Crippen molar-refractivity contribution in [2.45, 2.75) is 25.5 Å². The highest BCUT2D eigenvalue weighted by atomic mass is 32.2. The Bertz CT molecular complexity index is 1130. The number of phenols is 1. The number of nitrogens with one attached hydrogen (secondary N) is 1. The molecular formula is C22H25N5O4S. The van der Waals surface area contributed by atoms with Crippen molar-refractivity contribution in [1.82, 2.24) is 20.2 Å². The number of aromatic nitrogens is 3. The van der Waals surface area contributed by atoms with Crippen LogP contribution in [0.25, 0.3) is 11.4 Å². The fourth-order valence-electron chi connectivity index (χ4n) is 2.97. The molecule has 0 unspecified atom stereocenters. The maximum Gasteiger partial charge on any atom is 0.250 e. The molecular weight excluding hydrogens is 430 g/mol. The normalized spacial score (nSPS) is 11.3. The Balaban J connectivity index is 1.68. The minimum atomic E-state index is -0.271. The minimum absolute atomic E-state index is 0.126. The van der Waals surface area contributed by atoms with Crippen LogP contribution >= 0.6 is 11.8 Å². The van der Waals surface area contributed by atoms with Gasteiger partial charge in [-0.2, -0.15) is 5.10 Å². The Morgan fingerprint density at radius 1 is 1.16 bits per heavy atom. The van der Waals surface area contributed by atoms with Crippen molar-refractivity contribution in [3.63, 3.8) is 0 Å². The average Bonchev–Trinajstić information content (AvgIpc) is 3.23. The summed E-state index contributed by atoms with van der Waals surface area (Å²) in [6, 6.07) is 12.2. The van der Waals surface area contributed by atoms with E-state index in [2.05, 4.69) is 20.7 Å². The molecule has 32 heavy (non-hydrogen) atoms. The van der Waals surface area contributed by atoms with E-state index in [1.54, 1.807) is 45.4 Å². The van der Waals surface area contributed by atoms with E-state index in [1.807, 2.05) is 29.7 Å². The topological polar surface area (TPSA) is 111 Å². The van der Waals surface area contributed by atoms with E-state index in [1.165, 1.54) is 11.8 Å². The number of amides is 1. The molecule has 0 fully saturated rings. The molecule has 3 rings (SSSR count). The molecule has 0 aliphatic heterocycles. The number of benzene rings is 2. The molecule has 9 nitrogen and oxygen atoms in total. The minimum Gasteiger partial charge on any atom is -0.508 e. The Morgan fingerprint density at radius 3 is 2.62 bits per heavy atom. The van der Waals surface area contributed by atoms with Gasteiger partial charge in [-0.1, -0.05) is 23.9 Å². The molecule has 0 saturated carbocycles. The van der Waals surface area contributed by atoms with E-state index in [4.69, 9.17) is 9.47 Å². The number of hydrogen-bond donors (Lipinski definition) is 2. The standard InChI is InChI=1S/C22H25N5O4S/c1-5-27-21(16-9-10-18(30-3)19(12-16)31-4)25-26-22(27)32-13-20(29)24-23-14(2)15-7-6-8-17(28)11-15/h6-12,28H,5,13H2,1-4H3,(H,24,29). The van der Waals surface area contributed by atoms with Gasteiger partial charge in [-0.3, -0.25) is 4.79 Å². The third kappa shape index (κ3) is 5.38. The molecule has 0 aliphatic rings. The summed E-state index contributed by atoms with van der Waals surface area (Å²) in [5.74, 6) is 1.90. The smallest absolute Gasteiger partial charge is 0.250 e. The molecule has 10 heteroatoms. The Morgan fingerprint density at radius 2 is 1.94 bits per heavy atom. The number of hydrogen-bond acceptors (Lipinski definition) is 8. The van der Waals surface area contributed by atoms with Gasteiger partial charge in [0.1, 0.15) is 5.75 Å². The summed E-state index contributed by atoms with van der Waals surface area (Å²) in [5.41, 5.74) is 4.68. The van der Waals surface area contributed by atoms with Crippen molar-refractivity contribution in [2.24, 2.45) is 5.10 Å². The predicted octanol–water partition coefficient (Wildman–Crippen LogP) is 3.32. The van der Waals surface area contributed by atoms with Crippen LogP contribution in [-0.2, 0) is 11.3 Å². The van der Waals surface area contributed by atoms with Crippen molar-refractivity contribution in [3.8, 4) is 28.6 Å². The van der Waals surface area contributed by atoms with Crippen molar-refractivity contribution < 1.29 is 19.4 Å². The van der Waals surface area contributed by atoms with Gasteiger partial charge >= 0.3 is 0 Å². The molecule has 168 valence electrons. The summed E-state index contributed by atoms with van der Waals surface area (Å²) in [5, 5.41) is 22.8. The van der Waals surface area contributed by atoms with Gasteiger partial charge < -0.3 is 19.1 Å². The number of methoxy groups -OCH3 is 2. The summed E-state index contributed by atoms with van der Waals surface area (Å²) < 4.78 is 12.6. The summed E-state index contributed by atoms with van der Waals surface area (Å²) in [6.45, 7) is 4.38. The average molecular weight is 456 g/mol. The van der Waals surface area contributed by atoms with Crippen LogP contribution in [0.5, 0.6) is 17.2 Å². The van der Waals surface area contributed by atoms with E-state index >= 15 is 0 Å². The molecule has 1 amide bonds. The zero-order chi connectivity index (χ0) is 23.1. The highest BCUT2D eigenvalue weighted by molar-refractivity contribution is 7.99. The van der Waals surface area contributed by atoms with Crippen LogP contribution in [-0.4, -0.2) is 51.5 Å². The molecule has 0 saturated heterocycles. The van der Waals surface area contributed by atoms with Crippen LogP contribution in [0.1, 0.15) is 19.4 Å². The second kappa shape index (κ2) is 10.7. The predicted molar refractivity (Wildman–Crippen MR) is 123 cm³/mol. The third-order valence-corrected chi connectivity index (χ3v) is 5.59. The summed E-state index contributed by atoms with van der Waals surface area (Å²) in [6.07, 6.45) is 0. The number of hydrazone groups is 1. The Hall–Kier alpha value is -3.53. The van der Waals surface area contributed by atoms with Gasteiger partial charge in [-0.05, 0) is 44.2 Å². The molecule has 0 spiro atoms. The molecule has 2 aromatic carbocycles. The van der Waals surface area contributed by atoms with Crippen LogP contribution in [0.4, 0.5) is 0 Å². The van der Waals surface area contributed by atoms with E-state index in [0.29, 0.717) is 34.7 Å². The summed E-state index contributed by atoms with van der Waals surface area (Å²) >= 11 is 1.27. The first kappa shape index (κ1) is 23.1. The van der Waals surface area contributed by atoms with Gasteiger partial charge in [0.25, 0.3) is 5.91 Å². The number of nitrogens with zero attached hydrogens (tertiary/aromatic N) is 4. The molecule has 0 radical (unpaired) electrons. The summed E-state index contributed by atoms with van der Waals surface area (Å²) in [7, 11) is 3.16. The second-order valence-corrected chi connectivity index (χ2v) is 7.63. The number of phenolic OH excluding ortho intramolecular Hbond substituents is 1. The van der Waals surface area contributed by atoms with Crippen molar-refractivity contribution >= 4 is 23.4 Å².